The zero-order chi connectivity index (χ0) is 14.1. The molecule has 0 aliphatic rings. The lowest BCUT2D eigenvalue weighted by Gasteiger charge is -2.07. The Morgan fingerprint density at radius 3 is 2.60 bits per heavy atom. The smallest absolute Gasteiger partial charge is 0.200 e. The number of rotatable bonds is 2. The van der Waals surface area contributed by atoms with Crippen molar-refractivity contribution in [2.45, 2.75) is 0 Å². The van der Waals surface area contributed by atoms with Gasteiger partial charge in [-0.25, -0.2) is 4.39 Å². The van der Waals surface area contributed by atoms with Crippen LogP contribution in [-0.2, 0) is 0 Å². The van der Waals surface area contributed by atoms with Gasteiger partial charge in [-0.2, -0.15) is 5.10 Å². The Kier molecular flexibility index (Phi) is 3.38. The summed E-state index contributed by atoms with van der Waals surface area (Å²) in [7, 11) is 0. The van der Waals surface area contributed by atoms with E-state index in [9.17, 15) is 4.39 Å². The van der Waals surface area contributed by atoms with Crippen LogP contribution in [0.1, 0.15) is 0 Å². The van der Waals surface area contributed by atoms with E-state index in [1.165, 1.54) is 12.1 Å². The van der Waals surface area contributed by atoms with Crippen LogP contribution in [0, 0.1) is 10.6 Å². The Morgan fingerprint density at radius 2 is 1.90 bits per heavy atom. The van der Waals surface area contributed by atoms with Crippen molar-refractivity contribution < 1.29 is 4.39 Å². The quantitative estimate of drug-likeness (QED) is 0.712. The summed E-state index contributed by atoms with van der Waals surface area (Å²) < 4.78 is 15.6. The molecule has 3 rings (SSSR count). The molecule has 0 bridgehead atoms. The highest BCUT2D eigenvalue weighted by Gasteiger charge is 2.11. The molecule has 2 aromatic carbocycles. The number of aromatic nitrogens is 3. The summed E-state index contributed by atoms with van der Waals surface area (Å²) in [5.41, 5.74) is 1.41. The summed E-state index contributed by atoms with van der Waals surface area (Å²) in [6, 6.07) is 13.8. The standard InChI is InChI=1S/C14H9ClFN3S/c15-10-6-11(16)8-12(7-10)19-13(17-18-14(19)20)9-4-2-1-3-5-9/h1-8H,(H,18,20). The third-order valence-electron chi connectivity index (χ3n) is 2.81. The first-order valence-electron chi connectivity index (χ1n) is 5.84. The van der Waals surface area contributed by atoms with Crippen LogP contribution in [-0.4, -0.2) is 14.8 Å². The van der Waals surface area contributed by atoms with E-state index in [0.717, 1.165) is 5.56 Å². The topological polar surface area (TPSA) is 33.6 Å². The van der Waals surface area contributed by atoms with Gasteiger partial charge in [0.05, 0.1) is 5.69 Å². The predicted molar refractivity (Wildman–Crippen MR) is 79.2 cm³/mol. The molecule has 0 fully saturated rings. The van der Waals surface area contributed by atoms with Crippen LogP contribution in [0.5, 0.6) is 0 Å². The number of benzene rings is 2. The number of hydrogen-bond acceptors (Lipinski definition) is 2. The minimum absolute atomic E-state index is 0.308. The van der Waals surface area contributed by atoms with Gasteiger partial charge < -0.3 is 0 Å². The second-order valence-electron chi connectivity index (χ2n) is 4.18. The number of H-pyrrole nitrogens is 1. The van der Waals surface area contributed by atoms with Crippen LogP contribution < -0.4 is 0 Å². The molecule has 3 aromatic rings. The number of halogens is 2. The van der Waals surface area contributed by atoms with E-state index in [-0.39, 0.29) is 0 Å². The number of nitrogens with one attached hydrogen (secondary N) is 1. The Balaban J connectivity index is 2.24. The van der Waals surface area contributed by atoms with Gasteiger partial charge in [0.1, 0.15) is 5.82 Å². The van der Waals surface area contributed by atoms with Crippen molar-refractivity contribution in [3.63, 3.8) is 0 Å². The number of hydrogen-bond donors (Lipinski definition) is 1. The van der Waals surface area contributed by atoms with Crippen LogP contribution in [0.4, 0.5) is 4.39 Å². The minimum Gasteiger partial charge on any atom is -0.268 e. The maximum absolute atomic E-state index is 13.5. The molecule has 0 saturated carbocycles. The van der Waals surface area contributed by atoms with Crippen LogP contribution >= 0.6 is 23.8 Å². The molecule has 3 nitrogen and oxygen atoms in total. The van der Waals surface area contributed by atoms with Gasteiger partial charge in [-0.05, 0) is 30.4 Å². The molecule has 6 heteroatoms. The molecular weight excluding hydrogens is 297 g/mol. The summed E-state index contributed by atoms with van der Waals surface area (Å²) in [5, 5.41) is 7.23. The van der Waals surface area contributed by atoms with Crippen LogP contribution in [0.15, 0.2) is 48.5 Å². The van der Waals surface area contributed by atoms with Crippen molar-refractivity contribution in [1.82, 2.24) is 14.8 Å². The minimum atomic E-state index is -0.422. The second kappa shape index (κ2) is 5.19. The first kappa shape index (κ1) is 13.0. The van der Waals surface area contributed by atoms with Gasteiger partial charge in [-0.15, -0.1) is 0 Å². The molecule has 0 unspecified atom stereocenters. The lowest BCUT2D eigenvalue weighted by atomic mass is 10.2. The predicted octanol–water partition coefficient (Wildman–Crippen LogP) is 4.39. The molecule has 1 aromatic heterocycles. The first-order chi connectivity index (χ1) is 9.65. The van der Waals surface area contributed by atoms with Crippen molar-refractivity contribution >= 4 is 23.8 Å². The maximum atomic E-state index is 13.5. The third-order valence-corrected chi connectivity index (χ3v) is 3.30. The summed E-state index contributed by atoms with van der Waals surface area (Å²) in [4.78, 5) is 0. The molecule has 0 aliphatic carbocycles. The summed E-state index contributed by atoms with van der Waals surface area (Å²) in [6.45, 7) is 0. The normalized spacial score (nSPS) is 10.7. The highest BCUT2D eigenvalue weighted by atomic mass is 35.5. The molecule has 1 N–H and O–H groups in total. The molecule has 0 radical (unpaired) electrons. The molecule has 0 saturated heterocycles. The molecule has 0 aliphatic heterocycles. The monoisotopic (exact) mass is 305 g/mol. The lowest BCUT2D eigenvalue weighted by molar-refractivity contribution is 0.626. The van der Waals surface area contributed by atoms with Crippen molar-refractivity contribution in [2.24, 2.45) is 0 Å². The maximum Gasteiger partial charge on any atom is 0.200 e. The van der Waals surface area contributed by atoms with Crippen molar-refractivity contribution in [1.29, 1.82) is 0 Å². The fourth-order valence-electron chi connectivity index (χ4n) is 1.99. The molecule has 1 heterocycles. The second-order valence-corrected chi connectivity index (χ2v) is 5.00. The average molecular weight is 306 g/mol. The summed E-state index contributed by atoms with van der Waals surface area (Å²) in [6.07, 6.45) is 0. The Bertz CT molecular complexity index is 791. The molecule has 20 heavy (non-hydrogen) atoms. The Labute approximate surface area is 124 Å². The lowest BCUT2D eigenvalue weighted by Crippen LogP contribution is -1.98. The molecular formula is C14H9ClFN3S. The van der Waals surface area contributed by atoms with Crippen LogP contribution in [0.3, 0.4) is 0 Å². The zero-order valence-electron chi connectivity index (χ0n) is 10.2. The van der Waals surface area contributed by atoms with E-state index < -0.39 is 5.82 Å². The fraction of sp³-hybridized carbons (Fsp3) is 0. The zero-order valence-corrected chi connectivity index (χ0v) is 11.7. The highest BCUT2D eigenvalue weighted by Crippen LogP contribution is 2.24. The highest BCUT2D eigenvalue weighted by molar-refractivity contribution is 7.71. The fourth-order valence-corrected chi connectivity index (χ4v) is 2.44. The van der Waals surface area contributed by atoms with E-state index in [1.807, 2.05) is 30.3 Å². The molecule has 0 atom stereocenters. The van der Waals surface area contributed by atoms with Crippen molar-refractivity contribution in [3.05, 3.63) is 64.1 Å². The van der Waals surface area contributed by atoms with E-state index in [1.54, 1.807) is 10.6 Å². The largest absolute Gasteiger partial charge is 0.268 e. The number of nitrogens with zero attached hydrogens (tertiary/aromatic N) is 2. The summed E-state index contributed by atoms with van der Waals surface area (Å²) >= 11 is 11.1. The van der Waals surface area contributed by atoms with E-state index in [4.69, 9.17) is 23.8 Å². The molecule has 0 spiro atoms. The first-order valence-corrected chi connectivity index (χ1v) is 6.63. The van der Waals surface area contributed by atoms with E-state index in [0.29, 0.717) is 21.3 Å². The van der Waals surface area contributed by atoms with Gasteiger partial charge in [-0.1, -0.05) is 41.9 Å². The van der Waals surface area contributed by atoms with Gasteiger partial charge in [0.25, 0.3) is 0 Å². The Morgan fingerprint density at radius 1 is 1.15 bits per heavy atom. The van der Waals surface area contributed by atoms with Crippen LogP contribution in [0.2, 0.25) is 5.02 Å². The SMILES string of the molecule is Fc1cc(Cl)cc(-n2c(-c3ccccc3)n[nH]c2=S)c1. The number of aromatic amines is 1. The molecule has 0 amide bonds. The van der Waals surface area contributed by atoms with Crippen molar-refractivity contribution in [3.8, 4) is 17.1 Å². The van der Waals surface area contributed by atoms with Crippen molar-refractivity contribution in [2.75, 3.05) is 0 Å². The summed E-state index contributed by atoms with van der Waals surface area (Å²) in [5.74, 6) is 0.187. The third kappa shape index (κ3) is 2.37. The van der Waals surface area contributed by atoms with Gasteiger partial charge in [0, 0.05) is 10.6 Å². The van der Waals surface area contributed by atoms with E-state index in [2.05, 4.69) is 10.2 Å². The van der Waals surface area contributed by atoms with Gasteiger partial charge >= 0.3 is 0 Å². The van der Waals surface area contributed by atoms with Gasteiger partial charge in [-0.3, -0.25) is 9.67 Å². The average Bonchev–Trinajstić information content (AvgIpc) is 2.80. The molecule has 100 valence electrons. The van der Waals surface area contributed by atoms with Gasteiger partial charge in [0.15, 0.2) is 10.6 Å². The Hall–Kier alpha value is -1.98. The van der Waals surface area contributed by atoms with Crippen LogP contribution in [0.25, 0.3) is 17.1 Å². The van der Waals surface area contributed by atoms with Gasteiger partial charge in [0.2, 0.25) is 0 Å². The van der Waals surface area contributed by atoms with E-state index >= 15 is 0 Å².